The summed E-state index contributed by atoms with van der Waals surface area (Å²) in [6.45, 7) is 4.38. The predicted octanol–water partition coefficient (Wildman–Crippen LogP) is 1.53. The normalized spacial score (nSPS) is 12.1. The van der Waals surface area contributed by atoms with Crippen molar-refractivity contribution in [3.8, 4) is 5.75 Å². The Kier molecular flexibility index (Phi) is 5.09. The summed E-state index contributed by atoms with van der Waals surface area (Å²) in [5, 5.41) is 0. The average Bonchev–Trinajstić information content (AvgIpc) is 2.35. The molecule has 0 heterocycles. The Labute approximate surface area is 107 Å². The number of likely N-dealkylation sites (N-methyl/N-ethyl adjacent to an activating group) is 1. The number of nitrogens with two attached hydrogens (primary N) is 1. The quantitative estimate of drug-likeness (QED) is 0.867. The molecule has 0 radical (unpaired) electrons. The third-order valence-corrected chi connectivity index (χ3v) is 2.67. The highest BCUT2D eigenvalue weighted by Gasteiger charge is 2.16. The van der Waals surface area contributed by atoms with Crippen LogP contribution >= 0.6 is 0 Å². The molecule has 0 unspecified atom stereocenters. The van der Waals surface area contributed by atoms with Gasteiger partial charge in [0.05, 0.1) is 13.2 Å². The van der Waals surface area contributed by atoms with Crippen LogP contribution in [0.15, 0.2) is 18.2 Å². The number of benzene rings is 1. The molecule has 1 aromatic carbocycles. The van der Waals surface area contributed by atoms with Crippen LogP contribution in [-0.4, -0.2) is 30.5 Å². The van der Waals surface area contributed by atoms with E-state index < -0.39 is 11.9 Å². The van der Waals surface area contributed by atoms with Crippen molar-refractivity contribution in [3.05, 3.63) is 29.6 Å². The van der Waals surface area contributed by atoms with Gasteiger partial charge in [-0.05, 0) is 31.5 Å². The molecule has 2 N–H and O–H groups in total. The number of carbonyl (C=O) groups excluding carboxylic acids is 1. The van der Waals surface area contributed by atoms with Gasteiger partial charge in [0.25, 0.3) is 0 Å². The summed E-state index contributed by atoms with van der Waals surface area (Å²) in [7, 11) is 1.41. The Morgan fingerprint density at radius 2 is 2.22 bits per heavy atom. The van der Waals surface area contributed by atoms with Crippen LogP contribution in [-0.2, 0) is 11.3 Å². The minimum absolute atomic E-state index is 0.145. The van der Waals surface area contributed by atoms with E-state index in [-0.39, 0.29) is 11.7 Å². The van der Waals surface area contributed by atoms with Crippen LogP contribution in [0, 0.1) is 5.82 Å². The van der Waals surface area contributed by atoms with E-state index in [4.69, 9.17) is 10.5 Å². The van der Waals surface area contributed by atoms with Gasteiger partial charge in [0, 0.05) is 13.1 Å². The number of amides is 1. The van der Waals surface area contributed by atoms with E-state index in [9.17, 15) is 9.18 Å². The van der Waals surface area contributed by atoms with Crippen LogP contribution < -0.4 is 10.5 Å². The minimum atomic E-state index is -0.548. The molecule has 1 amide bonds. The number of methoxy groups -OCH3 is 1. The lowest BCUT2D eigenvalue weighted by Gasteiger charge is -2.23. The summed E-state index contributed by atoms with van der Waals surface area (Å²) in [6, 6.07) is 4.11. The first-order valence-corrected chi connectivity index (χ1v) is 5.86. The minimum Gasteiger partial charge on any atom is -0.494 e. The van der Waals surface area contributed by atoms with Crippen molar-refractivity contribution >= 4 is 5.91 Å². The van der Waals surface area contributed by atoms with E-state index in [0.29, 0.717) is 18.7 Å². The fourth-order valence-electron chi connectivity index (χ4n) is 1.66. The lowest BCUT2D eigenvalue weighted by atomic mass is 10.2. The van der Waals surface area contributed by atoms with Gasteiger partial charge >= 0.3 is 0 Å². The number of halogens is 1. The Morgan fingerprint density at radius 1 is 1.56 bits per heavy atom. The molecule has 0 aliphatic carbocycles. The van der Waals surface area contributed by atoms with Crippen LogP contribution in [0.2, 0.25) is 0 Å². The highest BCUT2D eigenvalue weighted by molar-refractivity contribution is 5.81. The van der Waals surface area contributed by atoms with Gasteiger partial charge in [0.1, 0.15) is 0 Å². The topological polar surface area (TPSA) is 55.6 Å². The Bertz CT molecular complexity index is 421. The van der Waals surface area contributed by atoms with Gasteiger partial charge in [0.15, 0.2) is 11.6 Å². The summed E-state index contributed by atoms with van der Waals surface area (Å²) < 4.78 is 18.4. The number of hydrogen-bond acceptors (Lipinski definition) is 3. The van der Waals surface area contributed by atoms with Crippen molar-refractivity contribution in [2.24, 2.45) is 5.73 Å². The first kappa shape index (κ1) is 14.4. The van der Waals surface area contributed by atoms with E-state index >= 15 is 0 Å². The smallest absolute Gasteiger partial charge is 0.239 e. The number of ether oxygens (including phenoxy) is 1. The van der Waals surface area contributed by atoms with Crippen molar-refractivity contribution in [1.29, 1.82) is 0 Å². The number of hydrogen-bond donors (Lipinski definition) is 1. The average molecular weight is 254 g/mol. The number of rotatable bonds is 5. The zero-order chi connectivity index (χ0) is 13.7. The standard InChI is InChI=1S/C13H19FN2O2/c1-4-16(13(17)9(2)15)8-10-5-6-12(18-3)11(14)7-10/h5-7,9H,4,8,15H2,1-3H3/t9-/m1/s1. The monoisotopic (exact) mass is 254 g/mol. The summed E-state index contributed by atoms with van der Waals surface area (Å²) in [5.74, 6) is -0.381. The van der Waals surface area contributed by atoms with E-state index in [1.165, 1.54) is 13.2 Å². The second-order valence-corrected chi connectivity index (χ2v) is 4.11. The molecular formula is C13H19FN2O2. The lowest BCUT2D eigenvalue weighted by Crippen LogP contribution is -2.41. The fraction of sp³-hybridized carbons (Fsp3) is 0.462. The maximum Gasteiger partial charge on any atom is 0.239 e. The highest BCUT2D eigenvalue weighted by atomic mass is 19.1. The van der Waals surface area contributed by atoms with Gasteiger partial charge in [-0.25, -0.2) is 4.39 Å². The summed E-state index contributed by atoms with van der Waals surface area (Å²) >= 11 is 0. The molecule has 0 aromatic heterocycles. The van der Waals surface area contributed by atoms with Crippen molar-refractivity contribution in [2.45, 2.75) is 26.4 Å². The molecule has 100 valence electrons. The molecule has 0 aliphatic rings. The molecule has 0 spiro atoms. The van der Waals surface area contributed by atoms with Crippen LogP contribution in [0.5, 0.6) is 5.75 Å². The Hall–Kier alpha value is -1.62. The zero-order valence-corrected chi connectivity index (χ0v) is 10.9. The second-order valence-electron chi connectivity index (χ2n) is 4.11. The Morgan fingerprint density at radius 3 is 2.67 bits per heavy atom. The van der Waals surface area contributed by atoms with Crippen LogP contribution in [0.3, 0.4) is 0 Å². The maximum atomic E-state index is 13.5. The van der Waals surface area contributed by atoms with E-state index in [1.807, 2.05) is 6.92 Å². The molecule has 1 atom stereocenters. The van der Waals surface area contributed by atoms with Crippen molar-refractivity contribution in [3.63, 3.8) is 0 Å². The van der Waals surface area contributed by atoms with Crippen molar-refractivity contribution < 1.29 is 13.9 Å². The van der Waals surface area contributed by atoms with E-state index in [1.54, 1.807) is 24.0 Å². The molecule has 1 rings (SSSR count). The van der Waals surface area contributed by atoms with Crippen molar-refractivity contribution in [1.82, 2.24) is 4.90 Å². The van der Waals surface area contributed by atoms with Gasteiger partial charge in [-0.15, -0.1) is 0 Å². The molecule has 0 bridgehead atoms. The van der Waals surface area contributed by atoms with Crippen LogP contribution in [0.1, 0.15) is 19.4 Å². The fourth-order valence-corrected chi connectivity index (χ4v) is 1.66. The number of nitrogens with zero attached hydrogens (tertiary/aromatic N) is 1. The molecule has 0 aliphatic heterocycles. The summed E-state index contributed by atoms with van der Waals surface area (Å²) in [6.07, 6.45) is 0. The van der Waals surface area contributed by atoms with E-state index in [2.05, 4.69) is 0 Å². The molecule has 18 heavy (non-hydrogen) atoms. The molecule has 4 nitrogen and oxygen atoms in total. The Balaban J connectivity index is 2.82. The first-order chi connectivity index (χ1) is 8.49. The third kappa shape index (κ3) is 3.43. The molecule has 0 saturated heterocycles. The molecule has 5 heteroatoms. The number of carbonyl (C=O) groups is 1. The van der Waals surface area contributed by atoms with Gasteiger partial charge in [-0.2, -0.15) is 0 Å². The van der Waals surface area contributed by atoms with Gasteiger partial charge < -0.3 is 15.4 Å². The highest BCUT2D eigenvalue weighted by Crippen LogP contribution is 2.18. The maximum absolute atomic E-state index is 13.5. The molecule has 0 saturated carbocycles. The van der Waals surface area contributed by atoms with E-state index in [0.717, 1.165) is 0 Å². The summed E-state index contributed by atoms with van der Waals surface area (Å²) in [5.41, 5.74) is 6.27. The van der Waals surface area contributed by atoms with Crippen LogP contribution in [0.25, 0.3) is 0 Å². The van der Waals surface area contributed by atoms with Crippen molar-refractivity contribution in [2.75, 3.05) is 13.7 Å². The second kappa shape index (κ2) is 6.35. The molecule has 1 aromatic rings. The van der Waals surface area contributed by atoms with Gasteiger partial charge in [-0.1, -0.05) is 6.07 Å². The zero-order valence-electron chi connectivity index (χ0n) is 10.9. The summed E-state index contributed by atoms with van der Waals surface area (Å²) in [4.78, 5) is 13.4. The third-order valence-electron chi connectivity index (χ3n) is 2.67. The van der Waals surface area contributed by atoms with Gasteiger partial charge in [0.2, 0.25) is 5.91 Å². The van der Waals surface area contributed by atoms with Gasteiger partial charge in [-0.3, -0.25) is 4.79 Å². The lowest BCUT2D eigenvalue weighted by molar-refractivity contribution is -0.132. The molecule has 0 fully saturated rings. The predicted molar refractivity (Wildman–Crippen MR) is 67.7 cm³/mol. The first-order valence-electron chi connectivity index (χ1n) is 5.86. The molecular weight excluding hydrogens is 235 g/mol. The largest absolute Gasteiger partial charge is 0.494 e. The SMILES string of the molecule is CCN(Cc1ccc(OC)c(F)c1)C(=O)[C@@H](C)N. The van der Waals surface area contributed by atoms with Crippen LogP contribution in [0.4, 0.5) is 4.39 Å².